The van der Waals surface area contributed by atoms with Crippen LogP contribution in [0.5, 0.6) is 0 Å². The molecule has 322 valence electrons. The predicted molar refractivity (Wildman–Crippen MR) is 194 cm³/mol. The third-order valence-corrected chi connectivity index (χ3v) is 10.7. The van der Waals surface area contributed by atoms with E-state index in [0.29, 0.717) is 0 Å². The Morgan fingerprint density at radius 2 is 1.29 bits per heavy atom. The van der Waals surface area contributed by atoms with Crippen molar-refractivity contribution in [1.29, 1.82) is 0 Å². The predicted octanol–water partition coefficient (Wildman–Crippen LogP) is 2.00. The van der Waals surface area contributed by atoms with Crippen LogP contribution in [0.25, 0.3) is 0 Å². The molecule has 2 aliphatic heterocycles. The first-order chi connectivity index (χ1) is 27.0. The fraction of sp³-hybridized carbons (Fsp3) is 0.700. The molecule has 0 aromatic carbocycles. The molecule has 1 N–H and O–H groups in total. The van der Waals surface area contributed by atoms with Gasteiger partial charge in [-0.1, -0.05) is 40.7 Å². The summed E-state index contributed by atoms with van der Waals surface area (Å²) in [5.41, 5.74) is -6.30. The van der Waals surface area contributed by atoms with Gasteiger partial charge in [0.25, 0.3) is 0 Å². The maximum Gasteiger partial charge on any atom is 0.344 e. The Labute approximate surface area is 336 Å². The van der Waals surface area contributed by atoms with Gasteiger partial charge < -0.3 is 47.7 Å². The molecule has 0 aromatic heterocycles. The Morgan fingerprint density at radius 1 is 0.776 bits per heavy atom. The highest BCUT2D eigenvalue weighted by Gasteiger charge is 2.81. The normalized spacial score (nSPS) is 33.7. The van der Waals surface area contributed by atoms with Gasteiger partial charge in [0.05, 0.1) is 17.9 Å². The molecular weight excluding hydrogens is 768 g/mol. The van der Waals surface area contributed by atoms with Crippen molar-refractivity contribution in [3.63, 3.8) is 0 Å². The Morgan fingerprint density at radius 3 is 1.81 bits per heavy atom. The van der Waals surface area contributed by atoms with Crippen molar-refractivity contribution in [2.24, 2.45) is 29.1 Å². The molecule has 0 aromatic rings. The van der Waals surface area contributed by atoms with Crippen LogP contribution in [0.15, 0.2) is 23.8 Å². The fourth-order valence-electron chi connectivity index (χ4n) is 8.19. The Hall–Kier alpha value is -4.84. The number of hydrogen-bond acceptors (Lipinski definition) is 18. The highest BCUT2D eigenvalue weighted by atomic mass is 16.7. The number of hydrogen-bond donors (Lipinski definition) is 1. The van der Waals surface area contributed by atoms with Crippen molar-refractivity contribution in [3.05, 3.63) is 23.8 Å². The largest absolute Gasteiger partial charge is 0.461 e. The van der Waals surface area contributed by atoms with Crippen LogP contribution in [-0.4, -0.2) is 121 Å². The van der Waals surface area contributed by atoms with E-state index in [4.69, 9.17) is 42.6 Å². The summed E-state index contributed by atoms with van der Waals surface area (Å²) in [5.74, 6) is -10.2. The Balaban J connectivity index is 2.08. The lowest BCUT2D eigenvalue weighted by Gasteiger charge is -2.59. The molecule has 18 heteroatoms. The molecule has 58 heavy (non-hydrogen) atoms. The third-order valence-electron chi connectivity index (χ3n) is 10.7. The summed E-state index contributed by atoms with van der Waals surface area (Å²) in [6.45, 7) is 12.5. The molecule has 3 fully saturated rings. The molecule has 2 saturated heterocycles. The lowest BCUT2D eigenvalue weighted by Crippen LogP contribution is -2.76. The average Bonchev–Trinajstić information content (AvgIpc) is 3.85. The molecule has 0 radical (unpaired) electrons. The number of carbonyl (C=O) groups excluding carboxylic acids is 8. The van der Waals surface area contributed by atoms with Crippen molar-refractivity contribution in [3.8, 4) is 0 Å². The number of rotatable bonds is 13. The van der Waals surface area contributed by atoms with E-state index < -0.39 is 126 Å². The first kappa shape index (κ1) is 45.9. The van der Waals surface area contributed by atoms with E-state index in [1.807, 2.05) is 13.8 Å². The lowest BCUT2D eigenvalue weighted by molar-refractivity contribution is -0.279. The van der Waals surface area contributed by atoms with Crippen LogP contribution in [0.2, 0.25) is 0 Å². The van der Waals surface area contributed by atoms with Gasteiger partial charge in [-0.2, -0.15) is 0 Å². The number of ether oxygens (including phenoxy) is 9. The van der Waals surface area contributed by atoms with Gasteiger partial charge in [-0.05, 0) is 36.5 Å². The molecule has 4 aliphatic rings. The SMILES string of the molecule is CC(=O)O[C@H]1[C@@H](OC(C)=O)[C@]2(CO2)[C@@H]2[C@H](OC(C)=O)[C@@]3(O)[C@H](C=C(COC(=O)CC(C)C)C=C[C@H](OC(=O)COC(=O)CC(C)C)[C@@]2(C)[C@H]1OC(C)=O)OC(=O)[C@@H]3C. The number of esters is 8. The minimum atomic E-state index is -2.51. The zero-order valence-corrected chi connectivity index (χ0v) is 34.4. The second kappa shape index (κ2) is 18.0. The zero-order valence-electron chi connectivity index (χ0n) is 34.4. The number of fused-ring (bicyclic) bond motifs is 3. The average molecular weight is 823 g/mol. The van der Waals surface area contributed by atoms with Crippen molar-refractivity contribution < 1.29 is 86.1 Å². The maximum absolute atomic E-state index is 13.7. The minimum absolute atomic E-state index is 0.0150. The second-order valence-corrected chi connectivity index (χ2v) is 16.2. The van der Waals surface area contributed by atoms with Crippen LogP contribution in [-0.2, 0) is 81.0 Å². The van der Waals surface area contributed by atoms with Gasteiger partial charge >= 0.3 is 47.8 Å². The summed E-state index contributed by atoms with van der Waals surface area (Å²) >= 11 is 0. The molecule has 18 nitrogen and oxygen atoms in total. The molecule has 0 amide bonds. The van der Waals surface area contributed by atoms with Crippen LogP contribution in [0.4, 0.5) is 0 Å². The maximum atomic E-state index is 13.7. The van der Waals surface area contributed by atoms with Crippen LogP contribution in [0, 0.1) is 29.1 Å². The third kappa shape index (κ3) is 9.71. The van der Waals surface area contributed by atoms with Gasteiger partial charge in [0.1, 0.15) is 24.4 Å². The van der Waals surface area contributed by atoms with Gasteiger partial charge in [-0.15, -0.1) is 0 Å². The van der Waals surface area contributed by atoms with E-state index in [9.17, 15) is 43.5 Å². The molecular formula is C40H54O18. The van der Waals surface area contributed by atoms with Crippen LogP contribution in [0.1, 0.15) is 82.1 Å². The molecule has 11 atom stereocenters. The van der Waals surface area contributed by atoms with E-state index in [1.54, 1.807) is 13.8 Å². The minimum Gasteiger partial charge on any atom is -0.461 e. The van der Waals surface area contributed by atoms with Crippen molar-refractivity contribution >= 4 is 47.8 Å². The number of carbonyl (C=O) groups is 8. The molecule has 4 rings (SSSR count). The molecule has 0 unspecified atom stereocenters. The topological polar surface area (TPSA) is 243 Å². The summed E-state index contributed by atoms with van der Waals surface area (Å²) in [5, 5.41) is 13.0. The molecule has 2 aliphatic carbocycles. The van der Waals surface area contributed by atoms with Crippen molar-refractivity contribution in [2.45, 2.75) is 130 Å². The highest BCUT2D eigenvalue weighted by Crippen LogP contribution is 2.63. The molecule has 0 bridgehead atoms. The summed E-state index contributed by atoms with van der Waals surface area (Å²) in [6.07, 6.45) is -6.24. The second-order valence-electron chi connectivity index (χ2n) is 16.2. The van der Waals surface area contributed by atoms with Crippen LogP contribution >= 0.6 is 0 Å². The van der Waals surface area contributed by atoms with Crippen LogP contribution < -0.4 is 0 Å². The van der Waals surface area contributed by atoms with E-state index in [0.717, 1.165) is 27.7 Å². The number of aliphatic hydroxyl groups is 1. The first-order valence-electron chi connectivity index (χ1n) is 19.1. The van der Waals surface area contributed by atoms with Crippen molar-refractivity contribution in [2.75, 3.05) is 19.8 Å². The standard InChI is InChI=1S/C40H54O18/c1-19(2)13-29(45)50-16-26-11-12-27(57-31(47)17-51-30(46)14-20(3)4)38(10)33(36(56-25(9)44)40(49)21(5)37(48)58-28(40)15-26)39(18-52-39)35(55-24(8)43)32(53-22(6)41)34(38)54-23(7)42/h11-12,15,19-21,27-28,32-36,49H,13-14,16-18H2,1-10H3/t21-,27-,28-,32+,33+,34-,35+,36-,38+,39-,40-/m0/s1. The monoisotopic (exact) mass is 822 g/mol. The Bertz CT molecular complexity index is 1710. The number of epoxide rings is 1. The summed E-state index contributed by atoms with van der Waals surface area (Å²) in [6, 6.07) is 0. The Kier molecular flexibility index (Phi) is 14.2. The lowest BCUT2D eigenvalue weighted by atomic mass is 9.51. The quantitative estimate of drug-likeness (QED) is 0.159. The van der Waals surface area contributed by atoms with Crippen LogP contribution in [0.3, 0.4) is 0 Å². The highest BCUT2D eigenvalue weighted by molar-refractivity contribution is 5.78. The van der Waals surface area contributed by atoms with Crippen molar-refractivity contribution in [1.82, 2.24) is 0 Å². The smallest absolute Gasteiger partial charge is 0.344 e. The van der Waals surface area contributed by atoms with E-state index in [-0.39, 0.29) is 36.9 Å². The summed E-state index contributed by atoms with van der Waals surface area (Å²) in [4.78, 5) is 104. The summed E-state index contributed by atoms with van der Waals surface area (Å²) < 4.78 is 52.1. The van der Waals surface area contributed by atoms with E-state index in [2.05, 4.69) is 0 Å². The van der Waals surface area contributed by atoms with Gasteiger partial charge in [0.15, 0.2) is 36.6 Å². The van der Waals surface area contributed by atoms with Gasteiger partial charge in [-0.3, -0.25) is 33.6 Å². The summed E-state index contributed by atoms with van der Waals surface area (Å²) in [7, 11) is 0. The van der Waals surface area contributed by atoms with Gasteiger partial charge in [-0.25, -0.2) is 4.79 Å². The molecule has 1 spiro atoms. The van der Waals surface area contributed by atoms with E-state index in [1.165, 1.54) is 32.1 Å². The first-order valence-corrected chi connectivity index (χ1v) is 19.1. The van der Waals surface area contributed by atoms with E-state index >= 15 is 0 Å². The molecule has 2 heterocycles. The van der Waals surface area contributed by atoms with Gasteiger partial charge in [0, 0.05) is 46.5 Å². The fourth-order valence-corrected chi connectivity index (χ4v) is 8.19. The zero-order chi connectivity index (χ0) is 43.5. The van der Waals surface area contributed by atoms with Gasteiger partial charge in [0.2, 0.25) is 0 Å². The molecule has 1 saturated carbocycles.